The highest BCUT2D eigenvalue weighted by atomic mass is 16.3. The van der Waals surface area contributed by atoms with Gasteiger partial charge in [0.25, 0.3) is 5.91 Å². The summed E-state index contributed by atoms with van der Waals surface area (Å²) in [4.78, 5) is 14.2. The Bertz CT molecular complexity index is 513. The predicted octanol–water partition coefficient (Wildman–Crippen LogP) is 0.930. The first-order chi connectivity index (χ1) is 10.7. The highest BCUT2D eigenvalue weighted by Crippen LogP contribution is 2.24. The van der Waals surface area contributed by atoms with Gasteiger partial charge in [-0.25, -0.2) is 0 Å². The number of amides is 1. The number of likely N-dealkylation sites (tertiary alicyclic amines) is 1. The molecule has 0 aromatic heterocycles. The Balaban J connectivity index is 0.00000116. The maximum absolute atomic E-state index is 12.6. The van der Waals surface area contributed by atoms with Crippen LogP contribution in [0.1, 0.15) is 23.2 Å². The summed E-state index contributed by atoms with van der Waals surface area (Å²) in [5.74, 6) is -0.142. The number of aliphatic hydroxyl groups excluding tert-OH is 2. The highest BCUT2D eigenvalue weighted by molar-refractivity contribution is 5.99. The Labute approximate surface area is 130 Å². The van der Waals surface area contributed by atoms with Crippen molar-refractivity contribution in [3.05, 3.63) is 29.8 Å². The molecule has 0 saturated carbocycles. The molecule has 0 spiro atoms. The van der Waals surface area contributed by atoms with E-state index in [4.69, 9.17) is 5.11 Å². The van der Waals surface area contributed by atoms with Crippen LogP contribution in [0.2, 0.25) is 0 Å². The summed E-state index contributed by atoms with van der Waals surface area (Å²) in [5, 5.41) is 25.3. The van der Waals surface area contributed by atoms with Crippen LogP contribution < -0.4 is 5.12 Å². The van der Waals surface area contributed by atoms with Gasteiger partial charge in [-0.05, 0) is 25.0 Å². The number of anilines is 1. The number of hydrazone groups is 2. The standard InChI is InChI=1S/C14H18N4O2.CH4O/c1-15-18(16-2)13-8-4-3-7-12(13)14(20)17-9-5-6-11(19)10-17;1-2/h3-4,7-8,11,19H,1-2,5-6,9-10H2;2H,1H3. The minimum absolute atomic E-state index is 0.142. The van der Waals surface area contributed by atoms with Crippen molar-refractivity contribution in [3.8, 4) is 0 Å². The molecular formula is C15H22N4O3. The highest BCUT2D eigenvalue weighted by Gasteiger charge is 2.25. The van der Waals surface area contributed by atoms with E-state index in [1.54, 1.807) is 29.2 Å². The molecule has 7 heteroatoms. The van der Waals surface area contributed by atoms with Gasteiger partial charge in [0, 0.05) is 33.6 Å². The summed E-state index contributed by atoms with van der Waals surface area (Å²) >= 11 is 0. The lowest BCUT2D eigenvalue weighted by molar-refractivity contribution is 0.0474. The lowest BCUT2D eigenvalue weighted by Gasteiger charge is -2.31. The number of hydrogen-bond donors (Lipinski definition) is 2. The van der Waals surface area contributed by atoms with Gasteiger partial charge in [0.15, 0.2) is 0 Å². The molecule has 0 aliphatic carbocycles. The topological polar surface area (TPSA) is 88.7 Å². The molecule has 2 rings (SSSR count). The number of carbonyl (C=O) groups excluding carboxylic acids is 1. The van der Waals surface area contributed by atoms with E-state index < -0.39 is 6.10 Å². The van der Waals surface area contributed by atoms with Gasteiger partial charge in [-0.3, -0.25) is 4.79 Å². The second-order valence-corrected chi connectivity index (χ2v) is 4.64. The van der Waals surface area contributed by atoms with Gasteiger partial charge >= 0.3 is 0 Å². The van der Waals surface area contributed by atoms with Crippen LogP contribution in [0.3, 0.4) is 0 Å². The summed E-state index contributed by atoms with van der Waals surface area (Å²) in [6, 6.07) is 7.01. The number of aliphatic hydroxyl groups is 2. The summed E-state index contributed by atoms with van der Waals surface area (Å²) in [5.41, 5.74) is 1.00. The van der Waals surface area contributed by atoms with Crippen LogP contribution >= 0.6 is 0 Å². The van der Waals surface area contributed by atoms with Crippen molar-refractivity contribution in [2.75, 3.05) is 25.3 Å². The van der Waals surface area contributed by atoms with Crippen molar-refractivity contribution in [1.29, 1.82) is 0 Å². The molecule has 1 heterocycles. The first-order valence-electron chi connectivity index (χ1n) is 6.92. The molecule has 22 heavy (non-hydrogen) atoms. The van der Waals surface area contributed by atoms with Gasteiger partial charge in [0.05, 0.1) is 17.4 Å². The molecule has 1 atom stereocenters. The molecule has 0 radical (unpaired) electrons. The number of benzene rings is 1. The third kappa shape index (κ3) is 4.12. The Hall–Kier alpha value is -2.25. The SMILES string of the molecule is C=NN(N=C)c1ccccc1C(=O)N1CCCC(O)C1.CO. The zero-order valence-electron chi connectivity index (χ0n) is 12.7. The molecule has 120 valence electrons. The molecule has 1 aliphatic rings. The van der Waals surface area contributed by atoms with Crippen LogP contribution in [0.25, 0.3) is 0 Å². The smallest absolute Gasteiger partial charge is 0.256 e. The fourth-order valence-electron chi connectivity index (χ4n) is 2.34. The molecule has 1 unspecified atom stereocenters. The molecule has 1 fully saturated rings. The maximum atomic E-state index is 12.6. The van der Waals surface area contributed by atoms with Gasteiger partial charge < -0.3 is 15.1 Å². The van der Waals surface area contributed by atoms with Gasteiger partial charge in [-0.15, -0.1) is 0 Å². The molecule has 0 bridgehead atoms. The number of carbonyl (C=O) groups is 1. The zero-order chi connectivity index (χ0) is 16.5. The largest absolute Gasteiger partial charge is 0.400 e. The first kappa shape index (κ1) is 17.8. The second kappa shape index (κ2) is 8.91. The Morgan fingerprint density at radius 1 is 1.32 bits per heavy atom. The molecule has 2 N–H and O–H groups in total. The van der Waals surface area contributed by atoms with E-state index in [9.17, 15) is 9.90 Å². The summed E-state index contributed by atoms with van der Waals surface area (Å²) < 4.78 is 0. The number of hydrogen-bond acceptors (Lipinski definition) is 6. The Morgan fingerprint density at radius 2 is 1.95 bits per heavy atom. The fraction of sp³-hybridized carbons (Fsp3) is 0.400. The van der Waals surface area contributed by atoms with Crippen molar-refractivity contribution in [2.45, 2.75) is 18.9 Å². The van der Waals surface area contributed by atoms with E-state index in [0.717, 1.165) is 20.0 Å². The van der Waals surface area contributed by atoms with Gasteiger partial charge in [0.2, 0.25) is 0 Å². The van der Waals surface area contributed by atoms with Crippen molar-refractivity contribution in [3.63, 3.8) is 0 Å². The van der Waals surface area contributed by atoms with E-state index in [2.05, 4.69) is 23.6 Å². The first-order valence-corrected chi connectivity index (χ1v) is 6.92. The van der Waals surface area contributed by atoms with Crippen LogP contribution in [-0.4, -0.2) is 60.8 Å². The molecule has 1 amide bonds. The van der Waals surface area contributed by atoms with Crippen LogP contribution in [0.5, 0.6) is 0 Å². The van der Waals surface area contributed by atoms with Crippen LogP contribution in [0.4, 0.5) is 5.69 Å². The minimum atomic E-state index is -0.453. The normalized spacial score (nSPS) is 17.0. The van der Waals surface area contributed by atoms with E-state index >= 15 is 0 Å². The predicted molar refractivity (Wildman–Crippen MR) is 87.3 cm³/mol. The van der Waals surface area contributed by atoms with Gasteiger partial charge in [-0.1, -0.05) is 12.1 Å². The minimum Gasteiger partial charge on any atom is -0.400 e. The summed E-state index contributed by atoms with van der Waals surface area (Å²) in [6.45, 7) is 7.82. The number of para-hydroxylation sites is 1. The second-order valence-electron chi connectivity index (χ2n) is 4.64. The van der Waals surface area contributed by atoms with Crippen molar-refractivity contribution < 1.29 is 15.0 Å². The monoisotopic (exact) mass is 306 g/mol. The van der Waals surface area contributed by atoms with Gasteiger partial charge in [-0.2, -0.15) is 15.3 Å². The quantitative estimate of drug-likeness (QED) is 0.640. The Kier molecular flexibility index (Phi) is 7.21. The van der Waals surface area contributed by atoms with E-state index in [1.807, 2.05) is 0 Å². The third-order valence-corrected chi connectivity index (χ3v) is 3.30. The van der Waals surface area contributed by atoms with E-state index in [-0.39, 0.29) is 5.91 Å². The molecular weight excluding hydrogens is 284 g/mol. The lowest BCUT2D eigenvalue weighted by atomic mass is 10.1. The van der Waals surface area contributed by atoms with Crippen molar-refractivity contribution in [1.82, 2.24) is 4.90 Å². The van der Waals surface area contributed by atoms with E-state index in [1.165, 1.54) is 5.12 Å². The van der Waals surface area contributed by atoms with Crippen LogP contribution in [-0.2, 0) is 0 Å². The average Bonchev–Trinajstić information content (AvgIpc) is 2.58. The Morgan fingerprint density at radius 3 is 2.55 bits per heavy atom. The number of piperidine rings is 1. The molecule has 1 aromatic rings. The van der Waals surface area contributed by atoms with Crippen molar-refractivity contribution in [2.24, 2.45) is 10.2 Å². The molecule has 1 saturated heterocycles. The average molecular weight is 306 g/mol. The maximum Gasteiger partial charge on any atom is 0.256 e. The van der Waals surface area contributed by atoms with Gasteiger partial charge in [0.1, 0.15) is 0 Å². The van der Waals surface area contributed by atoms with Crippen LogP contribution in [0, 0.1) is 0 Å². The molecule has 1 aromatic carbocycles. The zero-order valence-corrected chi connectivity index (χ0v) is 12.7. The van der Waals surface area contributed by atoms with E-state index in [0.29, 0.717) is 24.3 Å². The van der Waals surface area contributed by atoms with Crippen molar-refractivity contribution >= 4 is 25.0 Å². The summed E-state index contributed by atoms with van der Waals surface area (Å²) in [6.07, 6.45) is 1.09. The summed E-state index contributed by atoms with van der Waals surface area (Å²) in [7, 11) is 1.00. The molecule has 1 aliphatic heterocycles. The third-order valence-electron chi connectivity index (χ3n) is 3.30. The number of nitrogens with zero attached hydrogens (tertiary/aromatic N) is 4. The number of rotatable bonds is 4. The fourth-order valence-corrected chi connectivity index (χ4v) is 2.34. The van der Waals surface area contributed by atoms with Crippen LogP contribution in [0.15, 0.2) is 34.5 Å². The lowest BCUT2D eigenvalue weighted by Crippen LogP contribution is -2.42. The number of β-amino-alcohol motifs (C(OH)–C–C–N with tert-alkyl or cyclic N) is 1. The molecule has 7 nitrogen and oxygen atoms in total.